The number of carbonyl (C=O) groups excluding carboxylic acids is 2. The van der Waals surface area contributed by atoms with Crippen molar-refractivity contribution in [3.63, 3.8) is 0 Å². The highest BCUT2D eigenvalue weighted by molar-refractivity contribution is 5.83. The van der Waals surface area contributed by atoms with Gasteiger partial charge in [0, 0.05) is 25.4 Å². The van der Waals surface area contributed by atoms with Crippen LogP contribution in [0.2, 0.25) is 0 Å². The summed E-state index contributed by atoms with van der Waals surface area (Å²) in [5.41, 5.74) is -2.56. The molecule has 0 aromatic carbocycles. The standard InChI is InChI=1S/C29H52O9/c1-11-21-29(9,34)26(32)18(5)23(30)16(3)13-28(8,35-10)14-17(4)25(19(6)27(33)37-21)38-22-12-15(2)24(31)20(7)36-22/h15-22,24-26,31-32,34H,11-14H2,1-10H3/t15?,16-,17-,18?,19?,20?,21-,22+,24-,25+,26?,28-,29-/m1/s1. The third-order valence-corrected chi connectivity index (χ3v) is 9.00. The summed E-state index contributed by atoms with van der Waals surface area (Å²) >= 11 is 0. The van der Waals surface area contributed by atoms with Gasteiger partial charge in [0.05, 0.1) is 35.9 Å². The van der Waals surface area contributed by atoms with Crippen LogP contribution in [0.3, 0.4) is 0 Å². The minimum absolute atomic E-state index is 0.0426. The molecule has 0 amide bonds. The molecule has 9 nitrogen and oxygen atoms in total. The zero-order chi connectivity index (χ0) is 29.2. The molecule has 0 radical (unpaired) electrons. The highest BCUT2D eigenvalue weighted by Gasteiger charge is 2.48. The van der Waals surface area contributed by atoms with E-state index >= 15 is 0 Å². The number of aliphatic hydroxyl groups is 3. The zero-order valence-corrected chi connectivity index (χ0v) is 25.0. The SMILES string of the molecule is CC[C@H]1OC(=O)C(C)[C@@H](O[C@H]2CC(C)[C@@H](O)C(C)O2)[C@H](C)C[C@](C)(OC)C[C@@H](C)C(=O)C(C)C(O)[C@]1(C)O. The lowest BCUT2D eigenvalue weighted by atomic mass is 9.75. The lowest BCUT2D eigenvalue weighted by Crippen LogP contribution is -2.56. The van der Waals surface area contributed by atoms with E-state index in [1.807, 2.05) is 27.7 Å². The molecule has 2 rings (SSSR count). The van der Waals surface area contributed by atoms with E-state index in [1.165, 1.54) is 6.92 Å². The van der Waals surface area contributed by atoms with Crippen LogP contribution in [0.15, 0.2) is 0 Å². The van der Waals surface area contributed by atoms with Crippen molar-refractivity contribution < 1.29 is 43.9 Å². The molecule has 0 aromatic heterocycles. The minimum atomic E-state index is -1.84. The Kier molecular flexibility index (Phi) is 11.4. The number of esters is 1. The van der Waals surface area contributed by atoms with Crippen molar-refractivity contribution in [3.8, 4) is 0 Å². The number of cyclic esters (lactones) is 1. The molecule has 0 saturated carbocycles. The Morgan fingerprint density at radius 2 is 1.58 bits per heavy atom. The molecule has 222 valence electrons. The average molecular weight is 545 g/mol. The van der Waals surface area contributed by atoms with E-state index < -0.39 is 71.7 Å². The average Bonchev–Trinajstić information content (AvgIpc) is 2.85. The molecule has 2 heterocycles. The largest absolute Gasteiger partial charge is 0.459 e. The molecule has 38 heavy (non-hydrogen) atoms. The van der Waals surface area contributed by atoms with Crippen LogP contribution in [0.5, 0.6) is 0 Å². The zero-order valence-electron chi connectivity index (χ0n) is 25.0. The Morgan fingerprint density at radius 3 is 2.11 bits per heavy atom. The van der Waals surface area contributed by atoms with E-state index in [0.717, 1.165) is 0 Å². The van der Waals surface area contributed by atoms with Crippen LogP contribution in [0.4, 0.5) is 0 Å². The fraction of sp³-hybridized carbons (Fsp3) is 0.931. The van der Waals surface area contributed by atoms with Gasteiger partial charge in [0.1, 0.15) is 17.5 Å². The summed E-state index contributed by atoms with van der Waals surface area (Å²) in [5, 5.41) is 32.7. The van der Waals surface area contributed by atoms with E-state index in [9.17, 15) is 24.9 Å². The molecular formula is C29H52O9. The predicted molar refractivity (Wildman–Crippen MR) is 142 cm³/mol. The number of ketones is 1. The Hall–Kier alpha value is -1.10. The highest BCUT2D eigenvalue weighted by Crippen LogP contribution is 2.37. The molecule has 2 fully saturated rings. The highest BCUT2D eigenvalue weighted by atomic mass is 16.7. The maximum atomic E-state index is 13.5. The molecule has 2 aliphatic heterocycles. The summed E-state index contributed by atoms with van der Waals surface area (Å²) in [4.78, 5) is 26.8. The summed E-state index contributed by atoms with van der Waals surface area (Å²) in [7, 11) is 1.60. The molecule has 2 aliphatic rings. The van der Waals surface area contributed by atoms with Crippen LogP contribution < -0.4 is 0 Å². The van der Waals surface area contributed by atoms with Gasteiger partial charge in [-0.2, -0.15) is 0 Å². The van der Waals surface area contributed by atoms with Gasteiger partial charge in [0.25, 0.3) is 0 Å². The van der Waals surface area contributed by atoms with Gasteiger partial charge in [-0.15, -0.1) is 0 Å². The van der Waals surface area contributed by atoms with Gasteiger partial charge in [0.2, 0.25) is 0 Å². The van der Waals surface area contributed by atoms with Crippen molar-refractivity contribution in [1.82, 2.24) is 0 Å². The lowest BCUT2D eigenvalue weighted by Gasteiger charge is -2.43. The molecule has 0 spiro atoms. The number of ether oxygens (including phenoxy) is 4. The predicted octanol–water partition coefficient (Wildman–Crippen LogP) is 3.25. The van der Waals surface area contributed by atoms with E-state index in [0.29, 0.717) is 19.3 Å². The van der Waals surface area contributed by atoms with Crippen LogP contribution in [0.1, 0.15) is 88.0 Å². The Labute approximate surface area is 228 Å². The number of rotatable bonds is 4. The second kappa shape index (κ2) is 13.0. The topological polar surface area (TPSA) is 132 Å². The summed E-state index contributed by atoms with van der Waals surface area (Å²) in [6, 6.07) is 0. The van der Waals surface area contributed by atoms with Crippen LogP contribution in [0, 0.1) is 29.6 Å². The Morgan fingerprint density at radius 1 is 0.974 bits per heavy atom. The number of aliphatic hydroxyl groups excluding tert-OH is 2. The molecule has 3 N–H and O–H groups in total. The van der Waals surface area contributed by atoms with Gasteiger partial charge in [-0.3, -0.25) is 9.59 Å². The van der Waals surface area contributed by atoms with Crippen molar-refractivity contribution >= 4 is 11.8 Å². The first-order valence-corrected chi connectivity index (χ1v) is 14.2. The van der Waals surface area contributed by atoms with Gasteiger partial charge in [0.15, 0.2) is 6.29 Å². The third kappa shape index (κ3) is 7.34. The molecule has 0 aromatic rings. The molecule has 2 saturated heterocycles. The van der Waals surface area contributed by atoms with E-state index in [4.69, 9.17) is 18.9 Å². The first kappa shape index (κ1) is 33.1. The third-order valence-electron chi connectivity index (χ3n) is 9.00. The van der Waals surface area contributed by atoms with Gasteiger partial charge in [-0.25, -0.2) is 0 Å². The molecule has 9 heteroatoms. The Balaban J connectivity index is 2.48. The Bertz CT molecular complexity index is 789. The van der Waals surface area contributed by atoms with E-state index in [2.05, 4.69) is 0 Å². The van der Waals surface area contributed by atoms with Gasteiger partial charge in [-0.05, 0) is 58.8 Å². The van der Waals surface area contributed by atoms with Gasteiger partial charge < -0.3 is 34.3 Å². The summed E-state index contributed by atoms with van der Waals surface area (Å²) in [5.74, 6) is -3.04. The van der Waals surface area contributed by atoms with Crippen LogP contribution in [0.25, 0.3) is 0 Å². The van der Waals surface area contributed by atoms with Crippen LogP contribution >= 0.6 is 0 Å². The van der Waals surface area contributed by atoms with Crippen molar-refractivity contribution in [2.45, 2.75) is 136 Å². The van der Waals surface area contributed by atoms with Gasteiger partial charge in [-0.1, -0.05) is 34.6 Å². The van der Waals surface area contributed by atoms with Crippen molar-refractivity contribution in [1.29, 1.82) is 0 Å². The van der Waals surface area contributed by atoms with Gasteiger partial charge >= 0.3 is 5.97 Å². The molecule has 13 atom stereocenters. The van der Waals surface area contributed by atoms with E-state index in [-0.39, 0.29) is 24.0 Å². The number of methoxy groups -OCH3 is 1. The molecular weight excluding hydrogens is 492 g/mol. The second-order valence-electron chi connectivity index (χ2n) is 12.5. The first-order valence-electron chi connectivity index (χ1n) is 14.2. The summed E-state index contributed by atoms with van der Waals surface area (Å²) in [6.45, 7) is 16.0. The summed E-state index contributed by atoms with van der Waals surface area (Å²) in [6.07, 6.45) is -3.11. The van der Waals surface area contributed by atoms with Crippen molar-refractivity contribution in [2.75, 3.05) is 7.11 Å². The molecule has 5 unspecified atom stereocenters. The molecule has 0 bridgehead atoms. The number of Topliss-reactive ketones (excluding diaryl/α,β-unsaturated/α-hetero) is 1. The van der Waals surface area contributed by atoms with Crippen molar-refractivity contribution in [3.05, 3.63) is 0 Å². The summed E-state index contributed by atoms with van der Waals surface area (Å²) < 4.78 is 24.1. The normalized spacial score (nSPS) is 48.3. The van der Waals surface area contributed by atoms with Crippen LogP contribution in [-0.4, -0.2) is 82.2 Å². The number of carbonyl (C=O) groups is 2. The second-order valence-corrected chi connectivity index (χ2v) is 12.5. The fourth-order valence-electron chi connectivity index (χ4n) is 6.38. The van der Waals surface area contributed by atoms with E-state index in [1.54, 1.807) is 34.8 Å². The quantitative estimate of drug-likeness (QED) is 0.456. The smallest absolute Gasteiger partial charge is 0.311 e. The molecule has 0 aliphatic carbocycles. The van der Waals surface area contributed by atoms with Crippen LogP contribution in [-0.2, 0) is 28.5 Å². The lowest BCUT2D eigenvalue weighted by molar-refractivity contribution is -0.262. The fourth-order valence-corrected chi connectivity index (χ4v) is 6.38. The number of hydrogen-bond donors (Lipinski definition) is 3. The first-order chi connectivity index (χ1) is 17.5. The minimum Gasteiger partial charge on any atom is -0.459 e. The monoisotopic (exact) mass is 544 g/mol. The maximum absolute atomic E-state index is 13.5. The maximum Gasteiger partial charge on any atom is 0.311 e. The van der Waals surface area contributed by atoms with Crippen molar-refractivity contribution in [2.24, 2.45) is 29.6 Å². The number of hydrogen-bond acceptors (Lipinski definition) is 9.